The SMILES string of the molecule is CCN(c1oc2ncncc2c1C(=O)Nc1ccc(N2CCOCC2)cc1)C1(C)CC1. The Balaban J connectivity index is 1.43. The molecule has 2 aromatic heterocycles. The Morgan fingerprint density at radius 3 is 2.65 bits per heavy atom. The second kappa shape index (κ2) is 7.85. The number of fused-ring (bicyclic) bond motifs is 1. The van der Waals surface area contributed by atoms with Gasteiger partial charge in [-0.1, -0.05) is 0 Å². The van der Waals surface area contributed by atoms with E-state index < -0.39 is 0 Å². The maximum absolute atomic E-state index is 13.4. The van der Waals surface area contributed by atoms with E-state index in [2.05, 4.69) is 38.9 Å². The number of ether oxygens (including phenoxy) is 1. The summed E-state index contributed by atoms with van der Waals surface area (Å²) in [6, 6.07) is 7.92. The van der Waals surface area contributed by atoms with E-state index in [1.54, 1.807) is 6.20 Å². The van der Waals surface area contributed by atoms with E-state index in [1.807, 2.05) is 24.3 Å². The van der Waals surface area contributed by atoms with Crippen molar-refractivity contribution in [3.63, 3.8) is 0 Å². The fourth-order valence-electron chi connectivity index (χ4n) is 4.23. The first kappa shape index (κ1) is 19.8. The molecular weight excluding hydrogens is 394 g/mol. The quantitative estimate of drug-likeness (QED) is 0.650. The van der Waals surface area contributed by atoms with Crippen LogP contribution in [0.15, 0.2) is 41.2 Å². The van der Waals surface area contributed by atoms with E-state index in [0.717, 1.165) is 57.1 Å². The molecule has 0 radical (unpaired) electrons. The smallest absolute Gasteiger partial charge is 0.261 e. The molecule has 3 heterocycles. The molecule has 2 aliphatic rings. The van der Waals surface area contributed by atoms with Crippen molar-refractivity contribution in [2.24, 2.45) is 0 Å². The zero-order valence-electron chi connectivity index (χ0n) is 17.9. The minimum Gasteiger partial charge on any atom is -0.421 e. The van der Waals surface area contributed by atoms with E-state index in [-0.39, 0.29) is 11.4 Å². The average Bonchev–Trinajstić information content (AvgIpc) is 3.42. The molecule has 5 rings (SSSR count). The standard InChI is InChI=1S/C23H27N5O3/c1-3-28(23(2)8-9-23)22-19(18-14-24-15-25-21(18)31-22)20(29)26-16-4-6-17(7-5-16)27-10-12-30-13-11-27/h4-7,14-15H,3,8-13H2,1-2H3,(H,26,29). The fourth-order valence-corrected chi connectivity index (χ4v) is 4.23. The highest BCUT2D eigenvalue weighted by molar-refractivity contribution is 6.15. The van der Waals surface area contributed by atoms with E-state index in [4.69, 9.17) is 9.15 Å². The van der Waals surface area contributed by atoms with E-state index in [9.17, 15) is 4.79 Å². The first-order valence-corrected chi connectivity index (χ1v) is 10.8. The van der Waals surface area contributed by atoms with Gasteiger partial charge in [0.1, 0.15) is 11.9 Å². The highest BCUT2D eigenvalue weighted by atomic mass is 16.5. The normalized spacial score (nSPS) is 17.5. The summed E-state index contributed by atoms with van der Waals surface area (Å²) in [6.45, 7) is 8.26. The van der Waals surface area contributed by atoms with Crippen LogP contribution in [0, 0.1) is 0 Å². The highest BCUT2D eigenvalue weighted by Gasteiger charge is 2.45. The molecule has 8 heteroatoms. The van der Waals surface area contributed by atoms with Crippen LogP contribution < -0.4 is 15.1 Å². The van der Waals surface area contributed by atoms with Gasteiger partial charge in [0.25, 0.3) is 5.91 Å². The van der Waals surface area contributed by atoms with Gasteiger partial charge < -0.3 is 24.3 Å². The molecule has 0 bridgehead atoms. The molecule has 1 aliphatic heterocycles. The lowest BCUT2D eigenvalue weighted by molar-refractivity contribution is 0.102. The van der Waals surface area contributed by atoms with Gasteiger partial charge in [0.2, 0.25) is 11.6 Å². The lowest BCUT2D eigenvalue weighted by atomic mass is 10.1. The molecule has 8 nitrogen and oxygen atoms in total. The van der Waals surface area contributed by atoms with Crippen molar-refractivity contribution in [1.82, 2.24) is 9.97 Å². The predicted octanol–water partition coefficient (Wildman–Crippen LogP) is 3.69. The molecule has 1 N–H and O–H groups in total. The Hall–Kier alpha value is -3.13. The van der Waals surface area contributed by atoms with Gasteiger partial charge in [-0.05, 0) is 51.0 Å². The number of carbonyl (C=O) groups is 1. The number of nitrogens with zero attached hydrogens (tertiary/aromatic N) is 4. The second-order valence-corrected chi connectivity index (χ2v) is 8.37. The topological polar surface area (TPSA) is 83.7 Å². The van der Waals surface area contributed by atoms with Crippen LogP contribution in [-0.4, -0.2) is 54.3 Å². The number of anilines is 3. The van der Waals surface area contributed by atoms with Crippen LogP contribution in [0.3, 0.4) is 0 Å². The number of rotatable bonds is 6. The third-order valence-corrected chi connectivity index (χ3v) is 6.27. The maximum Gasteiger partial charge on any atom is 0.261 e. The van der Waals surface area contributed by atoms with Gasteiger partial charge in [0, 0.05) is 42.7 Å². The number of amides is 1. The van der Waals surface area contributed by atoms with E-state index >= 15 is 0 Å². The Morgan fingerprint density at radius 2 is 1.97 bits per heavy atom. The van der Waals surface area contributed by atoms with Crippen molar-refractivity contribution >= 4 is 34.3 Å². The van der Waals surface area contributed by atoms with Gasteiger partial charge in [-0.3, -0.25) is 4.79 Å². The summed E-state index contributed by atoms with van der Waals surface area (Å²) >= 11 is 0. The van der Waals surface area contributed by atoms with Crippen LogP contribution in [0.1, 0.15) is 37.0 Å². The molecule has 0 atom stereocenters. The zero-order valence-corrected chi connectivity index (χ0v) is 17.9. The first-order chi connectivity index (χ1) is 15.1. The van der Waals surface area contributed by atoms with Crippen molar-refractivity contribution in [1.29, 1.82) is 0 Å². The molecule has 162 valence electrons. The van der Waals surface area contributed by atoms with Crippen molar-refractivity contribution in [3.8, 4) is 0 Å². The first-order valence-electron chi connectivity index (χ1n) is 10.8. The summed E-state index contributed by atoms with van der Waals surface area (Å²) < 4.78 is 11.5. The summed E-state index contributed by atoms with van der Waals surface area (Å²) in [5, 5.41) is 3.66. The second-order valence-electron chi connectivity index (χ2n) is 8.37. The summed E-state index contributed by atoms with van der Waals surface area (Å²) in [6.07, 6.45) is 5.24. The number of benzene rings is 1. The van der Waals surface area contributed by atoms with Crippen molar-refractivity contribution in [2.45, 2.75) is 32.2 Å². The molecule has 0 unspecified atom stereocenters. The van der Waals surface area contributed by atoms with Gasteiger partial charge >= 0.3 is 0 Å². The van der Waals surface area contributed by atoms with Crippen molar-refractivity contribution in [2.75, 3.05) is 48.0 Å². The van der Waals surface area contributed by atoms with Crippen LogP contribution >= 0.6 is 0 Å². The number of morpholine rings is 1. The number of aromatic nitrogens is 2. The maximum atomic E-state index is 13.4. The largest absolute Gasteiger partial charge is 0.421 e. The molecule has 3 aromatic rings. The number of carbonyl (C=O) groups excluding carboxylic acids is 1. The van der Waals surface area contributed by atoms with Gasteiger partial charge in [-0.15, -0.1) is 0 Å². The van der Waals surface area contributed by atoms with Gasteiger partial charge in [0.15, 0.2) is 0 Å². The minimum absolute atomic E-state index is 0.0187. The summed E-state index contributed by atoms with van der Waals surface area (Å²) in [5.74, 6) is 0.353. The fraction of sp³-hybridized carbons (Fsp3) is 0.435. The third kappa shape index (κ3) is 3.72. The van der Waals surface area contributed by atoms with E-state index in [1.165, 1.54) is 6.33 Å². The van der Waals surface area contributed by atoms with Crippen LogP contribution in [0.5, 0.6) is 0 Å². The summed E-state index contributed by atoms with van der Waals surface area (Å²) in [5.41, 5.74) is 2.80. The summed E-state index contributed by atoms with van der Waals surface area (Å²) in [4.78, 5) is 26.2. The van der Waals surface area contributed by atoms with Crippen LogP contribution in [0.4, 0.5) is 17.3 Å². The van der Waals surface area contributed by atoms with Crippen LogP contribution in [0.25, 0.3) is 11.1 Å². The zero-order chi connectivity index (χ0) is 21.4. The van der Waals surface area contributed by atoms with E-state index in [0.29, 0.717) is 22.5 Å². The number of nitrogens with one attached hydrogen (secondary N) is 1. The van der Waals surface area contributed by atoms with Gasteiger partial charge in [-0.2, -0.15) is 0 Å². The summed E-state index contributed by atoms with van der Waals surface area (Å²) in [7, 11) is 0. The lowest BCUT2D eigenvalue weighted by Gasteiger charge is -2.29. The molecule has 1 amide bonds. The molecule has 31 heavy (non-hydrogen) atoms. The Labute approximate surface area is 181 Å². The van der Waals surface area contributed by atoms with Gasteiger partial charge in [0.05, 0.1) is 18.6 Å². The van der Waals surface area contributed by atoms with Crippen LogP contribution in [0.2, 0.25) is 0 Å². The molecule has 1 saturated heterocycles. The average molecular weight is 422 g/mol. The minimum atomic E-state index is -0.217. The van der Waals surface area contributed by atoms with Crippen LogP contribution in [-0.2, 0) is 4.74 Å². The van der Waals surface area contributed by atoms with Crippen molar-refractivity contribution in [3.05, 3.63) is 42.4 Å². The monoisotopic (exact) mass is 421 g/mol. The molecule has 1 aromatic carbocycles. The molecule has 0 spiro atoms. The van der Waals surface area contributed by atoms with Gasteiger partial charge in [-0.25, -0.2) is 9.97 Å². The Morgan fingerprint density at radius 1 is 1.23 bits per heavy atom. The number of hydrogen-bond donors (Lipinski definition) is 1. The Kier molecular flexibility index (Phi) is 5.02. The third-order valence-electron chi connectivity index (χ3n) is 6.27. The molecule has 2 fully saturated rings. The predicted molar refractivity (Wildman–Crippen MR) is 120 cm³/mol. The number of hydrogen-bond acceptors (Lipinski definition) is 7. The lowest BCUT2D eigenvalue weighted by Crippen LogP contribution is -2.36. The molecular formula is C23H27N5O3. The molecule has 1 aliphatic carbocycles. The Bertz CT molecular complexity index is 1080. The number of furan rings is 1. The molecule has 1 saturated carbocycles. The highest BCUT2D eigenvalue weighted by Crippen LogP contribution is 2.46. The van der Waals surface area contributed by atoms with Crippen molar-refractivity contribution < 1.29 is 13.9 Å².